The monoisotopic (exact) mass is 322 g/mol. The maximum absolute atomic E-state index is 12.4. The molecule has 0 aliphatic rings. The molecule has 0 unspecified atom stereocenters. The van der Waals surface area contributed by atoms with Gasteiger partial charge in [-0.2, -0.15) is 0 Å². The first-order valence-electron chi connectivity index (χ1n) is 6.31. The minimum absolute atomic E-state index is 0.0945. The number of pyridine rings is 1. The molecule has 0 spiro atoms. The first-order chi connectivity index (χ1) is 10.3. The molecular formula is C14H14N2O5S. The van der Waals surface area contributed by atoms with E-state index < -0.39 is 20.5 Å². The topological polar surface area (TPSA) is 99.4 Å². The molecule has 0 bridgehead atoms. The first-order valence-corrected chi connectivity index (χ1v) is 7.96. The summed E-state index contributed by atoms with van der Waals surface area (Å²) in [6, 6.07) is 8.78. The van der Waals surface area contributed by atoms with E-state index >= 15 is 0 Å². The lowest BCUT2D eigenvalue weighted by Crippen LogP contribution is -2.09. The molecule has 1 heterocycles. The zero-order valence-electron chi connectivity index (χ0n) is 12.0. The molecule has 0 atom stereocenters. The normalized spacial score (nSPS) is 11.2. The Morgan fingerprint density at radius 1 is 1.18 bits per heavy atom. The van der Waals surface area contributed by atoms with Crippen LogP contribution in [0.1, 0.15) is 11.3 Å². The highest BCUT2D eigenvalue weighted by Gasteiger charge is 2.24. The number of aromatic nitrogens is 1. The Morgan fingerprint density at radius 3 is 2.36 bits per heavy atom. The second-order valence-corrected chi connectivity index (χ2v) is 6.64. The molecule has 1 aromatic heterocycles. The van der Waals surface area contributed by atoms with E-state index in [0.29, 0.717) is 0 Å². The highest BCUT2D eigenvalue weighted by atomic mass is 32.2. The van der Waals surface area contributed by atoms with Crippen molar-refractivity contribution in [1.29, 1.82) is 0 Å². The van der Waals surface area contributed by atoms with E-state index in [2.05, 4.69) is 4.98 Å². The zero-order valence-corrected chi connectivity index (χ0v) is 12.8. The maximum atomic E-state index is 12.4. The number of hydrogen-bond donors (Lipinski definition) is 0. The van der Waals surface area contributed by atoms with Gasteiger partial charge in [0.1, 0.15) is 11.4 Å². The van der Waals surface area contributed by atoms with Gasteiger partial charge in [0.25, 0.3) is 5.69 Å². The van der Waals surface area contributed by atoms with E-state index in [0.717, 1.165) is 5.56 Å². The van der Waals surface area contributed by atoms with Gasteiger partial charge >= 0.3 is 0 Å². The summed E-state index contributed by atoms with van der Waals surface area (Å²) in [5.41, 5.74) is 0.422. The summed E-state index contributed by atoms with van der Waals surface area (Å²) >= 11 is 0. The van der Waals surface area contributed by atoms with E-state index in [-0.39, 0.29) is 22.2 Å². The summed E-state index contributed by atoms with van der Waals surface area (Å²) in [6.07, 6.45) is 0. The molecule has 7 nitrogen and oxygen atoms in total. The number of aryl methyl sites for hydroxylation is 1. The summed E-state index contributed by atoms with van der Waals surface area (Å²) in [4.78, 5) is 14.4. The highest BCUT2D eigenvalue weighted by molar-refractivity contribution is 7.90. The highest BCUT2D eigenvalue weighted by Crippen LogP contribution is 2.25. The summed E-state index contributed by atoms with van der Waals surface area (Å²) < 4.78 is 29.7. The van der Waals surface area contributed by atoms with Crippen molar-refractivity contribution in [3.8, 4) is 5.88 Å². The molecule has 0 aliphatic carbocycles. The number of sulfone groups is 1. The predicted molar refractivity (Wildman–Crippen MR) is 79.5 cm³/mol. The van der Waals surface area contributed by atoms with Crippen molar-refractivity contribution in [1.82, 2.24) is 4.98 Å². The third-order valence-electron chi connectivity index (χ3n) is 3.04. The van der Waals surface area contributed by atoms with Crippen LogP contribution in [0.2, 0.25) is 0 Å². The van der Waals surface area contributed by atoms with Gasteiger partial charge in [-0.15, -0.1) is 0 Å². The van der Waals surface area contributed by atoms with Gasteiger partial charge in [-0.1, -0.05) is 17.7 Å². The zero-order chi connectivity index (χ0) is 16.3. The van der Waals surface area contributed by atoms with Crippen LogP contribution in [0.3, 0.4) is 0 Å². The van der Waals surface area contributed by atoms with Crippen LogP contribution in [-0.4, -0.2) is 25.4 Å². The van der Waals surface area contributed by atoms with Crippen LogP contribution in [-0.2, 0) is 15.6 Å². The van der Waals surface area contributed by atoms with Gasteiger partial charge in [0.05, 0.1) is 16.9 Å². The van der Waals surface area contributed by atoms with Gasteiger partial charge in [-0.25, -0.2) is 13.4 Å². The average molecular weight is 322 g/mol. The van der Waals surface area contributed by atoms with Crippen molar-refractivity contribution in [2.75, 3.05) is 7.11 Å². The van der Waals surface area contributed by atoms with E-state index in [9.17, 15) is 18.5 Å². The summed E-state index contributed by atoms with van der Waals surface area (Å²) in [7, 11) is -2.38. The number of nitro groups is 1. The summed E-state index contributed by atoms with van der Waals surface area (Å²) in [6.45, 7) is 1.84. The van der Waals surface area contributed by atoms with Crippen molar-refractivity contribution in [2.24, 2.45) is 0 Å². The van der Waals surface area contributed by atoms with Gasteiger partial charge in [-0.05, 0) is 19.1 Å². The number of benzene rings is 1. The Balaban J connectivity index is 2.44. The molecule has 1 aromatic carbocycles. The molecule has 8 heteroatoms. The first kappa shape index (κ1) is 15.9. The number of ether oxygens (including phenoxy) is 1. The van der Waals surface area contributed by atoms with Crippen molar-refractivity contribution in [2.45, 2.75) is 17.6 Å². The Hall–Kier alpha value is -2.48. The minimum Gasteiger partial charge on any atom is -0.481 e. The Morgan fingerprint density at radius 2 is 1.82 bits per heavy atom. The number of methoxy groups -OCH3 is 1. The fourth-order valence-corrected chi connectivity index (χ4v) is 3.16. The van der Waals surface area contributed by atoms with Gasteiger partial charge in [0, 0.05) is 12.1 Å². The Kier molecular flexibility index (Phi) is 4.41. The smallest absolute Gasteiger partial charge is 0.292 e. The maximum Gasteiger partial charge on any atom is 0.292 e. The van der Waals surface area contributed by atoms with Crippen LogP contribution in [0.15, 0.2) is 41.3 Å². The van der Waals surface area contributed by atoms with Crippen molar-refractivity contribution in [3.05, 3.63) is 57.8 Å². The lowest BCUT2D eigenvalue weighted by atomic mass is 10.2. The van der Waals surface area contributed by atoms with Crippen LogP contribution in [0, 0.1) is 17.0 Å². The predicted octanol–water partition coefficient (Wildman–Crippen LogP) is 2.28. The lowest BCUT2D eigenvalue weighted by molar-refractivity contribution is -0.385. The van der Waals surface area contributed by atoms with E-state index in [4.69, 9.17) is 4.74 Å². The average Bonchev–Trinajstić information content (AvgIpc) is 2.46. The third kappa shape index (κ3) is 3.40. The van der Waals surface area contributed by atoms with Crippen LogP contribution < -0.4 is 4.74 Å². The quantitative estimate of drug-likeness (QED) is 0.618. The Labute approximate surface area is 127 Å². The molecule has 0 fully saturated rings. The number of hydrogen-bond acceptors (Lipinski definition) is 6. The van der Waals surface area contributed by atoms with E-state index in [1.54, 1.807) is 12.1 Å². The van der Waals surface area contributed by atoms with Crippen molar-refractivity contribution >= 4 is 15.5 Å². The van der Waals surface area contributed by atoms with Gasteiger partial charge in [0.2, 0.25) is 5.88 Å². The summed E-state index contributed by atoms with van der Waals surface area (Å²) in [5, 5.41) is 11.0. The van der Waals surface area contributed by atoms with Crippen LogP contribution in [0.5, 0.6) is 5.88 Å². The number of rotatable bonds is 5. The SMILES string of the molecule is COc1ccc([N+](=O)[O-])c(CS(=O)(=O)c2ccc(C)cc2)n1. The van der Waals surface area contributed by atoms with Crippen LogP contribution in [0.25, 0.3) is 0 Å². The fourth-order valence-electron chi connectivity index (χ4n) is 1.87. The van der Waals surface area contributed by atoms with Crippen molar-refractivity contribution < 1.29 is 18.1 Å². The fraction of sp³-hybridized carbons (Fsp3) is 0.214. The molecule has 22 heavy (non-hydrogen) atoms. The van der Waals surface area contributed by atoms with Crippen molar-refractivity contribution in [3.63, 3.8) is 0 Å². The minimum atomic E-state index is -3.73. The van der Waals surface area contributed by atoms with Crippen LogP contribution in [0.4, 0.5) is 5.69 Å². The molecule has 0 amide bonds. The standard InChI is InChI=1S/C14H14N2O5S/c1-10-3-5-11(6-4-10)22(19,20)9-12-13(16(17)18)7-8-14(15-12)21-2/h3-8H,9H2,1-2H3. The van der Waals surface area contributed by atoms with Gasteiger partial charge < -0.3 is 4.74 Å². The molecular weight excluding hydrogens is 308 g/mol. The molecule has 0 radical (unpaired) electrons. The lowest BCUT2D eigenvalue weighted by Gasteiger charge is -2.07. The van der Waals surface area contributed by atoms with Gasteiger partial charge in [0.15, 0.2) is 9.84 Å². The van der Waals surface area contributed by atoms with Gasteiger partial charge in [-0.3, -0.25) is 10.1 Å². The summed E-state index contributed by atoms with van der Waals surface area (Å²) in [5.74, 6) is -0.441. The van der Waals surface area contributed by atoms with Crippen LogP contribution >= 0.6 is 0 Å². The second-order valence-electron chi connectivity index (χ2n) is 4.65. The molecule has 0 saturated carbocycles. The molecule has 0 saturated heterocycles. The van der Waals surface area contributed by atoms with E-state index in [1.165, 1.54) is 31.4 Å². The number of nitrogens with zero attached hydrogens (tertiary/aromatic N) is 2. The molecule has 116 valence electrons. The molecule has 0 N–H and O–H groups in total. The molecule has 0 aliphatic heterocycles. The second kappa shape index (κ2) is 6.10. The Bertz CT molecular complexity index is 800. The largest absolute Gasteiger partial charge is 0.481 e. The third-order valence-corrected chi connectivity index (χ3v) is 4.68. The molecule has 2 aromatic rings. The molecule has 2 rings (SSSR count). The van der Waals surface area contributed by atoms with E-state index in [1.807, 2.05) is 6.92 Å².